The number of benzene rings is 3. The lowest BCUT2D eigenvalue weighted by Crippen LogP contribution is -2.35. The summed E-state index contributed by atoms with van der Waals surface area (Å²) in [5, 5.41) is 69.7. The van der Waals surface area contributed by atoms with E-state index in [2.05, 4.69) is 0 Å². The number of aromatic hydroxyl groups is 3. The summed E-state index contributed by atoms with van der Waals surface area (Å²) < 4.78 is 6.04. The highest BCUT2D eigenvalue weighted by atomic mass is 16.6. The maximum atomic E-state index is 13.3. The van der Waals surface area contributed by atoms with Crippen LogP contribution >= 0.6 is 0 Å². The molecule has 46 heavy (non-hydrogen) atoms. The number of aryl methyl sites for hydroxylation is 1. The molecule has 3 aromatic carbocycles. The van der Waals surface area contributed by atoms with Crippen molar-refractivity contribution in [1.82, 2.24) is 9.80 Å². The molecule has 1 unspecified atom stereocenters. The molecule has 1 atom stereocenters. The number of phenols is 3. The minimum absolute atomic E-state index is 0.0608. The molecule has 0 saturated carbocycles. The van der Waals surface area contributed by atoms with Crippen LogP contribution in [0, 0.1) is 6.92 Å². The van der Waals surface area contributed by atoms with E-state index in [1.165, 1.54) is 31.2 Å². The second-order valence-electron chi connectivity index (χ2n) is 10.8. The van der Waals surface area contributed by atoms with Crippen LogP contribution in [0.2, 0.25) is 0 Å². The first-order chi connectivity index (χ1) is 21.6. The number of rotatable bonds is 14. The van der Waals surface area contributed by atoms with Gasteiger partial charge < -0.3 is 40.5 Å². The number of phenolic OH excluding ortho intramolecular Hbond substituents is 3. The maximum absolute atomic E-state index is 13.3. The summed E-state index contributed by atoms with van der Waals surface area (Å²) in [5.74, 6) is -7.71. The van der Waals surface area contributed by atoms with Crippen LogP contribution in [0.3, 0.4) is 0 Å². The van der Waals surface area contributed by atoms with Gasteiger partial charge in [-0.3, -0.25) is 29.0 Å². The van der Waals surface area contributed by atoms with Gasteiger partial charge in [-0.25, -0.2) is 4.79 Å². The van der Waals surface area contributed by atoms with Crippen molar-refractivity contribution in [3.05, 3.63) is 87.5 Å². The molecule has 0 aliphatic carbocycles. The largest absolute Gasteiger partial charge is 0.507 e. The fourth-order valence-corrected chi connectivity index (χ4v) is 5.57. The van der Waals surface area contributed by atoms with Gasteiger partial charge in [0.1, 0.15) is 5.75 Å². The molecule has 1 aliphatic rings. The van der Waals surface area contributed by atoms with Crippen LogP contribution in [0.1, 0.15) is 43.7 Å². The first-order valence-corrected chi connectivity index (χ1v) is 13.6. The van der Waals surface area contributed by atoms with Crippen LogP contribution in [0.25, 0.3) is 0 Å². The first kappa shape index (κ1) is 33.2. The van der Waals surface area contributed by atoms with Crippen molar-refractivity contribution in [2.75, 3.05) is 26.2 Å². The molecule has 15 heteroatoms. The molecule has 3 aromatic rings. The summed E-state index contributed by atoms with van der Waals surface area (Å²) in [6.45, 7) is -2.04. The normalized spacial score (nSPS) is 15.5. The summed E-state index contributed by atoms with van der Waals surface area (Å²) in [5.41, 5.74) is -0.938. The van der Waals surface area contributed by atoms with Crippen molar-refractivity contribution in [1.29, 1.82) is 0 Å². The number of carbonyl (C=O) groups is 5. The topological polar surface area (TPSA) is 243 Å². The molecule has 1 aliphatic heterocycles. The summed E-state index contributed by atoms with van der Waals surface area (Å²) in [6, 6.07) is 11.6. The van der Waals surface area contributed by atoms with E-state index in [1.807, 2.05) is 0 Å². The van der Waals surface area contributed by atoms with Gasteiger partial charge in [0.25, 0.3) is 0 Å². The van der Waals surface area contributed by atoms with E-state index in [4.69, 9.17) is 4.74 Å². The third-order valence-corrected chi connectivity index (χ3v) is 7.36. The number of aliphatic carboxylic acids is 4. The number of hydrogen-bond donors (Lipinski definition) is 7. The second-order valence-corrected chi connectivity index (χ2v) is 10.8. The highest BCUT2D eigenvalue weighted by molar-refractivity contribution is 5.96. The quantitative estimate of drug-likeness (QED) is 0.0978. The Morgan fingerprint density at radius 3 is 1.65 bits per heavy atom. The standard InChI is InChI=1S/C31H30N2O13/c1-16-6-19(7-17(28(16)43)10-32(12-24(35)36)13-25(37)38)31(22-5-3-2-4-21(22)30(45)46-31)20-8-18(29(44)23(34)9-20)11-33(14-26(39)40)15-27(41)42/h2-9,34,43-44H,10-15H2,1H3,(H,35,36)(H,37,38)(H,39,40)(H,41,42). The number of nitrogens with zero attached hydrogens (tertiary/aromatic N) is 2. The molecular formula is C31H30N2O13. The van der Waals surface area contributed by atoms with Crippen LogP contribution in [-0.4, -0.2) is 102 Å². The SMILES string of the molecule is Cc1cc(C2(c3cc(O)c(O)c(CN(CC(=O)O)CC(=O)O)c3)OC(=O)c3ccccc32)cc(CN(CC(=O)O)CC(=O)O)c1O. The molecule has 0 aromatic heterocycles. The fraction of sp³-hybridized carbons (Fsp3) is 0.258. The molecule has 4 rings (SSSR count). The number of carbonyl (C=O) groups excluding carboxylic acids is 1. The summed E-state index contributed by atoms with van der Waals surface area (Å²) in [4.78, 5) is 61.0. The predicted molar refractivity (Wildman–Crippen MR) is 155 cm³/mol. The Morgan fingerprint density at radius 1 is 0.696 bits per heavy atom. The van der Waals surface area contributed by atoms with Gasteiger partial charge in [-0.2, -0.15) is 0 Å². The van der Waals surface area contributed by atoms with Gasteiger partial charge in [-0.05, 0) is 42.8 Å². The monoisotopic (exact) mass is 638 g/mol. The Labute approximate surface area is 260 Å². The molecule has 0 amide bonds. The van der Waals surface area contributed by atoms with Crippen molar-refractivity contribution in [3.8, 4) is 17.2 Å². The lowest BCUT2D eigenvalue weighted by Gasteiger charge is -2.32. The average Bonchev–Trinajstić information content (AvgIpc) is 3.25. The van der Waals surface area contributed by atoms with Gasteiger partial charge in [0.15, 0.2) is 17.1 Å². The van der Waals surface area contributed by atoms with Gasteiger partial charge in [-0.1, -0.05) is 18.2 Å². The molecule has 242 valence electrons. The van der Waals surface area contributed by atoms with E-state index in [-0.39, 0.29) is 51.2 Å². The maximum Gasteiger partial charge on any atom is 0.340 e. The smallest absolute Gasteiger partial charge is 0.340 e. The predicted octanol–water partition coefficient (Wildman–Crippen LogP) is 1.52. The highest BCUT2D eigenvalue weighted by Crippen LogP contribution is 2.50. The number of cyclic esters (lactones) is 1. The Kier molecular flexibility index (Phi) is 9.49. The van der Waals surface area contributed by atoms with E-state index in [1.54, 1.807) is 18.2 Å². The Morgan fingerprint density at radius 2 is 1.15 bits per heavy atom. The van der Waals surface area contributed by atoms with Crippen LogP contribution in [0.4, 0.5) is 0 Å². The van der Waals surface area contributed by atoms with Crippen molar-refractivity contribution in [2.24, 2.45) is 0 Å². The Balaban J connectivity index is 1.96. The van der Waals surface area contributed by atoms with E-state index in [9.17, 15) is 59.7 Å². The highest BCUT2D eigenvalue weighted by Gasteiger charge is 2.49. The zero-order valence-corrected chi connectivity index (χ0v) is 24.3. The molecule has 1 heterocycles. The lowest BCUT2D eigenvalue weighted by molar-refractivity contribution is -0.144. The Bertz CT molecular complexity index is 1610. The van der Waals surface area contributed by atoms with Crippen LogP contribution < -0.4 is 0 Å². The Hall–Kier alpha value is -5.67. The number of esters is 1. The van der Waals surface area contributed by atoms with Gasteiger partial charge in [0, 0.05) is 40.9 Å². The van der Waals surface area contributed by atoms with Crippen LogP contribution in [0.5, 0.6) is 17.2 Å². The third-order valence-electron chi connectivity index (χ3n) is 7.36. The van der Waals surface area contributed by atoms with Crippen molar-refractivity contribution < 1.29 is 64.5 Å². The number of carboxylic acids is 4. The number of fused-ring (bicyclic) bond motifs is 1. The number of hydrogen-bond acceptors (Lipinski definition) is 11. The number of ether oxygens (including phenoxy) is 1. The van der Waals surface area contributed by atoms with Crippen molar-refractivity contribution >= 4 is 29.8 Å². The van der Waals surface area contributed by atoms with E-state index < -0.39 is 79.7 Å². The second kappa shape index (κ2) is 13.1. The van der Waals surface area contributed by atoms with Crippen molar-refractivity contribution in [3.63, 3.8) is 0 Å². The summed E-state index contributed by atoms with van der Waals surface area (Å²) in [7, 11) is 0. The average molecular weight is 639 g/mol. The summed E-state index contributed by atoms with van der Waals surface area (Å²) in [6.07, 6.45) is 0. The third kappa shape index (κ3) is 6.85. The van der Waals surface area contributed by atoms with Gasteiger partial charge in [-0.15, -0.1) is 0 Å². The van der Waals surface area contributed by atoms with Gasteiger partial charge in [0.2, 0.25) is 0 Å². The molecule has 0 bridgehead atoms. The molecule has 0 saturated heterocycles. The van der Waals surface area contributed by atoms with Crippen LogP contribution in [-0.2, 0) is 42.6 Å². The van der Waals surface area contributed by atoms with E-state index in [0.717, 1.165) is 15.9 Å². The van der Waals surface area contributed by atoms with Gasteiger partial charge >= 0.3 is 29.8 Å². The molecule has 15 nitrogen and oxygen atoms in total. The zero-order valence-electron chi connectivity index (χ0n) is 24.3. The molecule has 7 N–H and O–H groups in total. The summed E-state index contributed by atoms with van der Waals surface area (Å²) >= 11 is 0. The van der Waals surface area contributed by atoms with Gasteiger partial charge in [0.05, 0.1) is 31.7 Å². The lowest BCUT2D eigenvalue weighted by atomic mass is 9.78. The van der Waals surface area contributed by atoms with E-state index in [0.29, 0.717) is 0 Å². The molecular weight excluding hydrogens is 608 g/mol. The van der Waals surface area contributed by atoms with E-state index >= 15 is 0 Å². The minimum Gasteiger partial charge on any atom is -0.507 e. The first-order valence-electron chi connectivity index (χ1n) is 13.6. The molecule has 0 spiro atoms. The number of carboxylic acid groups (broad SMARTS) is 4. The zero-order chi connectivity index (χ0) is 33.9. The molecule has 0 fully saturated rings. The molecule has 0 radical (unpaired) electrons. The van der Waals surface area contributed by atoms with Crippen molar-refractivity contribution in [2.45, 2.75) is 25.6 Å². The minimum atomic E-state index is -1.87. The fourth-order valence-electron chi connectivity index (χ4n) is 5.57. The van der Waals surface area contributed by atoms with Crippen LogP contribution in [0.15, 0.2) is 48.5 Å².